The number of fused-ring (bicyclic) bond motifs is 1. The molecular formula is C32H30F3N7O3S. The molecule has 3 amide bonds. The number of halogens is 3. The minimum atomic E-state index is -4.76. The molecule has 2 aliphatic rings. The topological polar surface area (TPSA) is 114 Å². The summed E-state index contributed by atoms with van der Waals surface area (Å²) in [5.74, 6) is 0.237. The number of aliphatic imine (C=N–C) groups is 1. The van der Waals surface area contributed by atoms with Crippen molar-refractivity contribution >= 4 is 34.6 Å². The number of anilines is 1. The Hall–Kier alpha value is -4.69. The monoisotopic (exact) mass is 649 g/mol. The Labute approximate surface area is 267 Å². The van der Waals surface area contributed by atoms with E-state index in [1.807, 2.05) is 43.3 Å². The van der Waals surface area contributed by atoms with Gasteiger partial charge in [0.05, 0.1) is 23.2 Å². The Morgan fingerprint density at radius 1 is 1.07 bits per heavy atom. The van der Waals surface area contributed by atoms with E-state index in [0.29, 0.717) is 23.1 Å². The number of aromatic nitrogens is 3. The van der Waals surface area contributed by atoms with Crippen molar-refractivity contribution in [3.8, 4) is 22.8 Å². The number of hydrogen-bond acceptors (Lipinski definition) is 7. The zero-order valence-corrected chi connectivity index (χ0v) is 25.6. The molecule has 0 saturated carbocycles. The van der Waals surface area contributed by atoms with Crippen LogP contribution in [-0.4, -0.2) is 44.0 Å². The summed E-state index contributed by atoms with van der Waals surface area (Å²) in [6.45, 7) is 1.98. The van der Waals surface area contributed by atoms with Gasteiger partial charge in [-0.2, -0.15) is 4.99 Å². The normalized spacial score (nSPS) is 16.4. The first-order chi connectivity index (χ1) is 22.2. The van der Waals surface area contributed by atoms with E-state index >= 15 is 0 Å². The molecule has 2 N–H and O–H groups in total. The van der Waals surface area contributed by atoms with Crippen LogP contribution < -0.4 is 20.5 Å². The second-order valence-corrected chi connectivity index (χ2v) is 11.7. The SMILES string of the molecule is CCC(NNC(=O)N=C1SCC(=O)N1c1cccc2c1CCCC2)c1ccc(-c2ncn(-c3ccc(OC(F)(F)F)cc3)n2)cc1. The second kappa shape index (κ2) is 13.3. The number of benzene rings is 3. The summed E-state index contributed by atoms with van der Waals surface area (Å²) in [5.41, 5.74) is 11.1. The lowest BCUT2D eigenvalue weighted by Gasteiger charge is -2.24. The summed E-state index contributed by atoms with van der Waals surface area (Å²) in [7, 11) is 0. The summed E-state index contributed by atoms with van der Waals surface area (Å²) >= 11 is 1.25. The van der Waals surface area contributed by atoms with Crippen LogP contribution in [0.2, 0.25) is 0 Å². The fourth-order valence-electron chi connectivity index (χ4n) is 5.52. The van der Waals surface area contributed by atoms with Gasteiger partial charge in [-0.25, -0.2) is 19.9 Å². The fraction of sp³-hybridized carbons (Fsp3) is 0.281. The molecule has 10 nitrogen and oxygen atoms in total. The van der Waals surface area contributed by atoms with Crippen LogP contribution in [0.5, 0.6) is 5.75 Å². The second-order valence-electron chi connectivity index (χ2n) is 10.7. The van der Waals surface area contributed by atoms with Gasteiger partial charge in [-0.3, -0.25) is 15.1 Å². The standard InChI is InChI=1S/C32H30F3N7O3S/c1-2-26(38-39-30(44)37-31-42(28(43)18-46-31)27-9-5-7-20-6-3-4-8-25(20)27)21-10-12-22(13-11-21)29-36-19-41(40-29)23-14-16-24(17-15-23)45-32(33,34)35/h5,7,9-17,19,26,38H,2-4,6,8,18H2,1H3,(H,39,44). The number of amidine groups is 1. The number of ether oxygens (including phenoxy) is 1. The highest BCUT2D eigenvalue weighted by atomic mass is 32.2. The summed E-state index contributed by atoms with van der Waals surface area (Å²) < 4.78 is 42.7. The number of amides is 3. The third-order valence-corrected chi connectivity index (χ3v) is 8.66. The lowest BCUT2D eigenvalue weighted by atomic mass is 9.90. The Bertz CT molecular complexity index is 1760. The molecular weight excluding hydrogens is 619 g/mol. The molecule has 1 aliphatic carbocycles. The number of alkyl halides is 3. The van der Waals surface area contributed by atoms with Crippen LogP contribution in [0.3, 0.4) is 0 Å². The number of nitrogens with one attached hydrogen (secondary N) is 2. The molecule has 46 heavy (non-hydrogen) atoms. The van der Waals surface area contributed by atoms with Crippen LogP contribution in [0.4, 0.5) is 23.7 Å². The van der Waals surface area contributed by atoms with Crippen molar-refractivity contribution in [3.05, 3.63) is 89.7 Å². The predicted molar refractivity (Wildman–Crippen MR) is 169 cm³/mol. The van der Waals surface area contributed by atoms with Crippen LogP contribution >= 0.6 is 11.8 Å². The molecule has 1 aliphatic heterocycles. The van der Waals surface area contributed by atoms with Gasteiger partial charge in [0, 0.05) is 5.56 Å². The average molecular weight is 650 g/mol. The molecule has 238 valence electrons. The molecule has 1 aromatic heterocycles. The van der Waals surface area contributed by atoms with Crippen LogP contribution in [0.1, 0.15) is 48.9 Å². The lowest BCUT2D eigenvalue weighted by Crippen LogP contribution is -2.39. The van der Waals surface area contributed by atoms with E-state index in [2.05, 4.69) is 36.7 Å². The van der Waals surface area contributed by atoms with Gasteiger partial charge in [-0.15, -0.1) is 18.3 Å². The minimum absolute atomic E-state index is 0.0947. The lowest BCUT2D eigenvalue weighted by molar-refractivity contribution is -0.274. The Morgan fingerprint density at radius 2 is 1.83 bits per heavy atom. The van der Waals surface area contributed by atoms with Crippen LogP contribution in [-0.2, 0) is 17.6 Å². The first kappa shape index (κ1) is 31.3. The van der Waals surface area contributed by atoms with E-state index in [-0.39, 0.29) is 23.5 Å². The van der Waals surface area contributed by atoms with Gasteiger partial charge in [0.25, 0.3) is 0 Å². The van der Waals surface area contributed by atoms with E-state index in [9.17, 15) is 22.8 Å². The summed E-state index contributed by atoms with van der Waals surface area (Å²) in [6, 6.07) is 17.9. The van der Waals surface area contributed by atoms with Crippen molar-refractivity contribution in [3.63, 3.8) is 0 Å². The third kappa shape index (κ3) is 7.07. The Morgan fingerprint density at radius 3 is 2.57 bits per heavy atom. The van der Waals surface area contributed by atoms with Crippen LogP contribution in [0, 0.1) is 0 Å². The van der Waals surface area contributed by atoms with Gasteiger partial charge in [-0.05, 0) is 79.1 Å². The highest BCUT2D eigenvalue weighted by Gasteiger charge is 2.33. The zero-order chi connectivity index (χ0) is 32.3. The quantitative estimate of drug-likeness (QED) is 0.209. The molecule has 0 radical (unpaired) electrons. The summed E-state index contributed by atoms with van der Waals surface area (Å²) in [6.07, 6.45) is 1.44. The number of carbonyl (C=O) groups excluding carboxylic acids is 2. The van der Waals surface area contributed by atoms with Crippen molar-refractivity contribution in [1.82, 2.24) is 25.6 Å². The third-order valence-electron chi connectivity index (χ3n) is 7.73. The van der Waals surface area contributed by atoms with Gasteiger partial charge < -0.3 is 4.74 Å². The molecule has 0 spiro atoms. The molecule has 1 unspecified atom stereocenters. The minimum Gasteiger partial charge on any atom is -0.406 e. The average Bonchev–Trinajstić information content (AvgIpc) is 3.68. The number of rotatable bonds is 8. The number of hydrazine groups is 1. The van der Waals surface area contributed by atoms with E-state index in [1.165, 1.54) is 52.6 Å². The number of hydrogen-bond donors (Lipinski definition) is 2. The van der Waals surface area contributed by atoms with Gasteiger partial charge >= 0.3 is 12.4 Å². The maximum absolute atomic E-state index is 12.9. The maximum Gasteiger partial charge on any atom is 0.573 e. The highest BCUT2D eigenvalue weighted by molar-refractivity contribution is 8.15. The van der Waals surface area contributed by atoms with Crippen molar-refractivity contribution < 1.29 is 27.5 Å². The van der Waals surface area contributed by atoms with E-state index in [1.54, 1.807) is 4.90 Å². The molecule has 0 bridgehead atoms. The predicted octanol–water partition coefficient (Wildman–Crippen LogP) is 6.51. The fourth-order valence-corrected chi connectivity index (χ4v) is 6.38. The zero-order valence-electron chi connectivity index (χ0n) is 24.8. The van der Waals surface area contributed by atoms with Crippen molar-refractivity contribution in [2.75, 3.05) is 10.7 Å². The Kier molecular flexibility index (Phi) is 9.08. The van der Waals surface area contributed by atoms with E-state index in [4.69, 9.17) is 0 Å². The molecule has 14 heteroatoms. The smallest absolute Gasteiger partial charge is 0.406 e. The van der Waals surface area contributed by atoms with Gasteiger partial charge in [-0.1, -0.05) is 55.1 Å². The first-order valence-electron chi connectivity index (χ1n) is 14.8. The van der Waals surface area contributed by atoms with E-state index < -0.39 is 12.4 Å². The number of thioether (sulfide) groups is 1. The molecule has 4 aromatic rings. The van der Waals surface area contributed by atoms with Gasteiger partial charge in [0.1, 0.15) is 12.1 Å². The van der Waals surface area contributed by atoms with Crippen molar-refractivity contribution in [2.24, 2.45) is 4.99 Å². The molecule has 3 aromatic carbocycles. The number of urea groups is 1. The molecule has 6 rings (SSSR count). The van der Waals surface area contributed by atoms with Crippen molar-refractivity contribution in [2.45, 2.75) is 51.4 Å². The summed E-state index contributed by atoms with van der Waals surface area (Å²) in [5, 5.41) is 4.80. The van der Waals surface area contributed by atoms with E-state index in [0.717, 1.165) is 48.1 Å². The highest BCUT2D eigenvalue weighted by Crippen LogP contribution is 2.35. The van der Waals surface area contributed by atoms with Gasteiger partial charge in [0.15, 0.2) is 11.0 Å². The molecule has 1 saturated heterocycles. The number of nitrogens with zero attached hydrogens (tertiary/aromatic N) is 5. The number of carbonyl (C=O) groups is 2. The van der Waals surface area contributed by atoms with Crippen LogP contribution in [0.15, 0.2) is 78.0 Å². The molecule has 2 heterocycles. The summed E-state index contributed by atoms with van der Waals surface area (Å²) in [4.78, 5) is 35.8. The Balaban J connectivity index is 1.09. The molecule has 1 atom stereocenters. The van der Waals surface area contributed by atoms with Crippen LogP contribution in [0.25, 0.3) is 17.1 Å². The molecule has 1 fully saturated rings. The maximum atomic E-state index is 12.9. The first-order valence-corrected chi connectivity index (χ1v) is 15.8. The van der Waals surface area contributed by atoms with Crippen molar-refractivity contribution in [1.29, 1.82) is 0 Å². The largest absolute Gasteiger partial charge is 0.573 e. The van der Waals surface area contributed by atoms with Gasteiger partial charge in [0.2, 0.25) is 5.91 Å². The number of aryl methyl sites for hydroxylation is 1.